The number of thiophene rings is 1. The Morgan fingerprint density at radius 2 is 1.91 bits per heavy atom. The van der Waals surface area contributed by atoms with Gasteiger partial charge in [-0.15, -0.1) is 11.3 Å². The molecule has 1 atom stereocenters. The van der Waals surface area contributed by atoms with Crippen LogP contribution in [0.25, 0.3) is 10.2 Å². The first-order valence-electron chi connectivity index (χ1n) is 12.7. The van der Waals surface area contributed by atoms with Gasteiger partial charge in [-0.05, 0) is 61.5 Å². The number of hydrogen-bond donors (Lipinski definition) is 0. The Morgan fingerprint density at radius 1 is 1.15 bits per heavy atom. The minimum atomic E-state index is 0.249. The van der Waals surface area contributed by atoms with Gasteiger partial charge in [0.05, 0.1) is 5.75 Å². The van der Waals surface area contributed by atoms with Crippen molar-refractivity contribution in [1.82, 2.24) is 14.9 Å². The van der Waals surface area contributed by atoms with Gasteiger partial charge in [-0.3, -0.25) is 4.79 Å². The SMILES string of the molecule is CC(C)c1nc(SCC(=O)N2CCC(Cc3ccccc3)CC2)c2c3c(sc2n1)C[C@H](C)CC3. The average molecular weight is 494 g/mol. The van der Waals surface area contributed by atoms with Crippen molar-refractivity contribution in [2.24, 2.45) is 11.8 Å². The monoisotopic (exact) mass is 493 g/mol. The first-order chi connectivity index (χ1) is 16.5. The van der Waals surface area contributed by atoms with Gasteiger partial charge in [0.2, 0.25) is 5.91 Å². The molecule has 0 spiro atoms. The molecule has 0 bridgehead atoms. The van der Waals surface area contributed by atoms with Gasteiger partial charge in [0.1, 0.15) is 15.7 Å². The Bertz CT molecular complexity index is 1150. The minimum absolute atomic E-state index is 0.249. The molecular weight excluding hydrogens is 458 g/mol. The predicted molar refractivity (Wildman–Crippen MR) is 143 cm³/mol. The molecule has 4 nitrogen and oxygen atoms in total. The first kappa shape index (κ1) is 23.8. The first-order valence-corrected chi connectivity index (χ1v) is 14.5. The summed E-state index contributed by atoms with van der Waals surface area (Å²) in [6.45, 7) is 8.39. The van der Waals surface area contributed by atoms with Crippen LogP contribution in [0.15, 0.2) is 35.4 Å². The third kappa shape index (κ3) is 5.18. The minimum Gasteiger partial charge on any atom is -0.342 e. The number of amides is 1. The Balaban J connectivity index is 1.26. The summed E-state index contributed by atoms with van der Waals surface area (Å²) < 4.78 is 0. The molecule has 1 aliphatic heterocycles. The van der Waals surface area contributed by atoms with Gasteiger partial charge in [-0.25, -0.2) is 9.97 Å². The van der Waals surface area contributed by atoms with Gasteiger partial charge in [-0.2, -0.15) is 0 Å². The Labute approximate surface area is 211 Å². The summed E-state index contributed by atoms with van der Waals surface area (Å²) in [6.07, 6.45) is 6.79. The van der Waals surface area contributed by atoms with Gasteiger partial charge in [0, 0.05) is 29.3 Å². The summed E-state index contributed by atoms with van der Waals surface area (Å²) >= 11 is 3.48. The molecule has 2 aromatic heterocycles. The molecule has 1 saturated heterocycles. The second kappa shape index (κ2) is 10.4. The van der Waals surface area contributed by atoms with Crippen molar-refractivity contribution in [2.45, 2.75) is 70.2 Å². The van der Waals surface area contributed by atoms with Gasteiger partial charge >= 0.3 is 0 Å². The highest BCUT2D eigenvalue weighted by Gasteiger charge is 2.26. The van der Waals surface area contributed by atoms with E-state index in [0.29, 0.717) is 11.7 Å². The third-order valence-electron chi connectivity index (χ3n) is 7.32. The number of piperidine rings is 1. The molecule has 3 heterocycles. The summed E-state index contributed by atoms with van der Waals surface area (Å²) in [4.78, 5) is 27.7. The highest BCUT2D eigenvalue weighted by Crippen LogP contribution is 2.41. The normalized spacial score (nSPS) is 19.1. The lowest BCUT2D eigenvalue weighted by Gasteiger charge is -2.32. The lowest BCUT2D eigenvalue weighted by molar-refractivity contribution is -0.129. The molecular formula is C28H35N3OS2. The summed E-state index contributed by atoms with van der Waals surface area (Å²) in [7, 11) is 0. The Morgan fingerprint density at radius 3 is 2.65 bits per heavy atom. The number of carbonyl (C=O) groups excluding carboxylic acids is 1. The van der Waals surface area contributed by atoms with Crippen molar-refractivity contribution in [2.75, 3.05) is 18.8 Å². The Kier molecular flexibility index (Phi) is 7.26. The zero-order valence-electron chi connectivity index (χ0n) is 20.5. The van der Waals surface area contributed by atoms with E-state index in [0.717, 1.165) is 66.8 Å². The van der Waals surface area contributed by atoms with Crippen LogP contribution in [-0.4, -0.2) is 39.6 Å². The number of carbonyl (C=O) groups is 1. The highest BCUT2D eigenvalue weighted by atomic mass is 32.2. The number of benzene rings is 1. The highest BCUT2D eigenvalue weighted by molar-refractivity contribution is 8.00. The molecule has 0 N–H and O–H groups in total. The number of fused-ring (bicyclic) bond motifs is 3. The van der Waals surface area contributed by atoms with E-state index < -0.39 is 0 Å². The van der Waals surface area contributed by atoms with Crippen LogP contribution in [0, 0.1) is 11.8 Å². The quantitative estimate of drug-likeness (QED) is 0.290. The summed E-state index contributed by atoms with van der Waals surface area (Å²) in [5, 5.41) is 2.25. The molecule has 34 heavy (non-hydrogen) atoms. The maximum atomic E-state index is 13.1. The van der Waals surface area contributed by atoms with Crippen molar-refractivity contribution in [3.8, 4) is 0 Å². The van der Waals surface area contributed by atoms with Crippen LogP contribution in [0.3, 0.4) is 0 Å². The number of likely N-dealkylation sites (tertiary alicyclic amines) is 1. The van der Waals surface area contributed by atoms with E-state index in [1.165, 1.54) is 27.8 Å². The van der Waals surface area contributed by atoms with E-state index >= 15 is 0 Å². The van der Waals surface area contributed by atoms with Crippen LogP contribution in [-0.2, 0) is 24.1 Å². The number of hydrogen-bond acceptors (Lipinski definition) is 5. The van der Waals surface area contributed by atoms with Gasteiger partial charge in [0.25, 0.3) is 0 Å². The maximum Gasteiger partial charge on any atom is 0.232 e. The van der Waals surface area contributed by atoms with Crippen molar-refractivity contribution < 1.29 is 4.79 Å². The van der Waals surface area contributed by atoms with Gasteiger partial charge < -0.3 is 4.90 Å². The number of aryl methyl sites for hydroxylation is 1. The van der Waals surface area contributed by atoms with E-state index in [2.05, 4.69) is 56.0 Å². The van der Waals surface area contributed by atoms with Crippen LogP contribution in [0.5, 0.6) is 0 Å². The fourth-order valence-electron chi connectivity index (χ4n) is 5.24. The van der Waals surface area contributed by atoms with Crippen molar-refractivity contribution >= 4 is 39.2 Å². The molecule has 5 rings (SSSR count). The van der Waals surface area contributed by atoms with Crippen LogP contribution in [0.1, 0.15) is 67.8 Å². The second-order valence-corrected chi connectivity index (χ2v) is 12.4. The molecule has 0 radical (unpaired) electrons. The molecule has 1 aliphatic carbocycles. The summed E-state index contributed by atoms with van der Waals surface area (Å²) in [5.41, 5.74) is 2.86. The predicted octanol–water partition coefficient (Wildman–Crippen LogP) is 6.51. The molecule has 1 fully saturated rings. The third-order valence-corrected chi connectivity index (χ3v) is 9.43. The molecule has 6 heteroatoms. The van der Waals surface area contributed by atoms with Crippen molar-refractivity contribution in [1.29, 1.82) is 0 Å². The van der Waals surface area contributed by atoms with Crippen LogP contribution in [0.4, 0.5) is 0 Å². The van der Waals surface area contributed by atoms with E-state index in [9.17, 15) is 4.79 Å². The topological polar surface area (TPSA) is 46.1 Å². The molecule has 3 aromatic rings. The van der Waals surface area contributed by atoms with Crippen LogP contribution in [0.2, 0.25) is 0 Å². The van der Waals surface area contributed by atoms with Gasteiger partial charge in [-0.1, -0.05) is 62.9 Å². The molecule has 180 valence electrons. The summed E-state index contributed by atoms with van der Waals surface area (Å²) in [6, 6.07) is 10.7. The summed E-state index contributed by atoms with van der Waals surface area (Å²) in [5.74, 6) is 3.30. The fraction of sp³-hybridized carbons (Fsp3) is 0.536. The Hall–Kier alpha value is -1.92. The fourth-order valence-corrected chi connectivity index (χ4v) is 7.66. The molecule has 0 saturated carbocycles. The zero-order valence-corrected chi connectivity index (χ0v) is 22.2. The molecule has 1 aromatic carbocycles. The van der Waals surface area contributed by atoms with E-state index in [1.54, 1.807) is 11.8 Å². The zero-order chi connectivity index (χ0) is 23.7. The number of aromatic nitrogens is 2. The molecule has 2 aliphatic rings. The average Bonchev–Trinajstić information content (AvgIpc) is 3.21. The van der Waals surface area contributed by atoms with E-state index in [4.69, 9.17) is 9.97 Å². The van der Waals surface area contributed by atoms with E-state index in [1.807, 2.05) is 11.3 Å². The van der Waals surface area contributed by atoms with E-state index in [-0.39, 0.29) is 11.8 Å². The molecule has 1 amide bonds. The van der Waals surface area contributed by atoms with Crippen molar-refractivity contribution in [3.63, 3.8) is 0 Å². The number of rotatable bonds is 6. The standard InChI is InChI=1S/C28H35N3OS2/c1-18(2)26-29-27(25-22-10-9-19(3)15-23(22)34-28(25)30-26)33-17-24(32)31-13-11-21(12-14-31)16-20-7-5-4-6-8-20/h4-8,18-19,21H,9-17H2,1-3H3/t19-/m1/s1. The maximum absolute atomic E-state index is 13.1. The lowest BCUT2D eigenvalue weighted by Crippen LogP contribution is -2.39. The number of nitrogens with zero attached hydrogens (tertiary/aromatic N) is 3. The van der Waals surface area contributed by atoms with Crippen molar-refractivity contribution in [3.05, 3.63) is 52.2 Å². The number of thioether (sulfide) groups is 1. The molecule has 0 unspecified atom stereocenters. The second-order valence-electron chi connectivity index (χ2n) is 10.4. The smallest absolute Gasteiger partial charge is 0.232 e. The largest absolute Gasteiger partial charge is 0.342 e. The van der Waals surface area contributed by atoms with Gasteiger partial charge in [0.15, 0.2) is 0 Å². The lowest BCUT2D eigenvalue weighted by atomic mass is 9.89. The van der Waals surface area contributed by atoms with Crippen LogP contribution >= 0.6 is 23.1 Å². The van der Waals surface area contributed by atoms with Crippen LogP contribution < -0.4 is 0 Å².